The summed E-state index contributed by atoms with van der Waals surface area (Å²) in [6, 6.07) is 19.7. The number of aromatic nitrogens is 2. The number of benzene rings is 2. The van der Waals surface area contributed by atoms with Gasteiger partial charge in [0.2, 0.25) is 0 Å². The molecule has 0 atom stereocenters. The number of rotatable bonds is 10. The maximum atomic E-state index is 12.2. The third-order valence-electron chi connectivity index (χ3n) is 4.28. The number of hydrogen-bond donors (Lipinski definition) is 0. The average molecular weight is 442 g/mol. The van der Waals surface area contributed by atoms with E-state index in [0.717, 1.165) is 4.68 Å². The van der Waals surface area contributed by atoms with Gasteiger partial charge in [0, 0.05) is 6.07 Å². The van der Waals surface area contributed by atoms with Crippen LogP contribution in [-0.2, 0) is 21.1 Å². The lowest BCUT2D eigenvalue weighted by molar-refractivity contribution is 0.0495. The summed E-state index contributed by atoms with van der Waals surface area (Å²) in [6.07, 6.45) is 0.146. The SMILES string of the molecule is O=C(OCCCS(=O)(=O)c1ccccc1)c1ccc(=O)n(CCOc2ccccc2)n1. The second kappa shape index (κ2) is 10.5. The highest BCUT2D eigenvalue weighted by atomic mass is 32.2. The lowest BCUT2D eigenvalue weighted by atomic mass is 10.3. The van der Waals surface area contributed by atoms with Crippen LogP contribution in [0.3, 0.4) is 0 Å². The van der Waals surface area contributed by atoms with E-state index in [9.17, 15) is 18.0 Å². The van der Waals surface area contributed by atoms with Gasteiger partial charge in [-0.15, -0.1) is 0 Å². The molecule has 0 spiro atoms. The number of sulfone groups is 1. The van der Waals surface area contributed by atoms with Gasteiger partial charge in [0.05, 0.1) is 23.8 Å². The van der Waals surface area contributed by atoms with E-state index in [-0.39, 0.29) is 48.1 Å². The molecule has 0 aliphatic rings. The summed E-state index contributed by atoms with van der Waals surface area (Å²) < 4.78 is 36.2. The summed E-state index contributed by atoms with van der Waals surface area (Å²) in [5.41, 5.74) is -0.410. The fourth-order valence-electron chi connectivity index (χ4n) is 2.72. The predicted octanol–water partition coefficient (Wildman–Crippen LogP) is 2.34. The first-order valence-electron chi connectivity index (χ1n) is 9.67. The van der Waals surface area contributed by atoms with Crippen molar-refractivity contribution < 1.29 is 22.7 Å². The molecule has 0 radical (unpaired) electrons. The van der Waals surface area contributed by atoms with Crippen LogP contribution in [0.15, 0.2) is 82.5 Å². The third-order valence-corrected chi connectivity index (χ3v) is 6.10. The van der Waals surface area contributed by atoms with Crippen LogP contribution in [0.4, 0.5) is 0 Å². The number of ether oxygens (including phenoxy) is 2. The molecular formula is C22H22N2O6S. The average Bonchev–Trinajstić information content (AvgIpc) is 2.79. The van der Waals surface area contributed by atoms with E-state index in [1.807, 2.05) is 18.2 Å². The van der Waals surface area contributed by atoms with Gasteiger partial charge in [0.15, 0.2) is 15.5 Å². The number of esters is 1. The van der Waals surface area contributed by atoms with Crippen molar-refractivity contribution in [2.24, 2.45) is 0 Å². The molecule has 0 amide bonds. The van der Waals surface area contributed by atoms with Crippen LogP contribution in [0.1, 0.15) is 16.9 Å². The van der Waals surface area contributed by atoms with E-state index in [1.54, 1.807) is 30.3 Å². The maximum Gasteiger partial charge on any atom is 0.358 e. The number of carbonyl (C=O) groups is 1. The van der Waals surface area contributed by atoms with Crippen molar-refractivity contribution in [3.05, 3.63) is 88.8 Å². The largest absolute Gasteiger partial charge is 0.492 e. The van der Waals surface area contributed by atoms with Gasteiger partial charge in [0.1, 0.15) is 12.4 Å². The van der Waals surface area contributed by atoms with Crippen molar-refractivity contribution in [2.75, 3.05) is 19.0 Å². The highest BCUT2D eigenvalue weighted by Gasteiger charge is 2.15. The zero-order chi connectivity index (χ0) is 22.1. The van der Waals surface area contributed by atoms with Gasteiger partial charge in [-0.1, -0.05) is 36.4 Å². The standard InChI is InChI=1S/C22H22N2O6S/c25-21-13-12-20(23-24(21)14-16-29-18-8-3-1-4-9-18)22(26)30-15-7-17-31(27,28)19-10-5-2-6-11-19/h1-6,8-13H,7,14-17H2. The summed E-state index contributed by atoms with van der Waals surface area (Å²) in [7, 11) is -3.43. The van der Waals surface area contributed by atoms with Crippen molar-refractivity contribution in [2.45, 2.75) is 17.9 Å². The monoisotopic (exact) mass is 442 g/mol. The Labute approximate surface area is 180 Å². The highest BCUT2D eigenvalue weighted by Crippen LogP contribution is 2.11. The zero-order valence-corrected chi connectivity index (χ0v) is 17.5. The van der Waals surface area contributed by atoms with Gasteiger partial charge >= 0.3 is 5.97 Å². The van der Waals surface area contributed by atoms with Crippen LogP contribution in [0, 0.1) is 0 Å². The summed E-state index contributed by atoms with van der Waals surface area (Å²) in [5, 5.41) is 4.01. The van der Waals surface area contributed by atoms with Crippen molar-refractivity contribution in [3.8, 4) is 5.75 Å². The maximum absolute atomic E-state index is 12.2. The van der Waals surface area contributed by atoms with Crippen LogP contribution < -0.4 is 10.3 Å². The predicted molar refractivity (Wildman–Crippen MR) is 114 cm³/mol. The third kappa shape index (κ3) is 6.51. The quantitative estimate of drug-likeness (QED) is 0.351. The molecule has 0 saturated carbocycles. The van der Waals surface area contributed by atoms with E-state index in [0.29, 0.717) is 5.75 Å². The van der Waals surface area contributed by atoms with E-state index in [1.165, 1.54) is 24.3 Å². The molecule has 2 aromatic carbocycles. The van der Waals surface area contributed by atoms with E-state index in [2.05, 4.69) is 5.10 Å². The van der Waals surface area contributed by atoms with Crippen molar-refractivity contribution in [3.63, 3.8) is 0 Å². The molecule has 0 unspecified atom stereocenters. The lowest BCUT2D eigenvalue weighted by Crippen LogP contribution is -2.27. The van der Waals surface area contributed by atoms with Crippen molar-refractivity contribution in [1.29, 1.82) is 0 Å². The van der Waals surface area contributed by atoms with Crippen molar-refractivity contribution >= 4 is 15.8 Å². The molecule has 0 N–H and O–H groups in total. The Kier molecular flexibility index (Phi) is 7.55. The van der Waals surface area contributed by atoms with Crippen LogP contribution in [0.5, 0.6) is 5.75 Å². The normalized spacial score (nSPS) is 11.1. The van der Waals surface area contributed by atoms with Crippen LogP contribution in [0.2, 0.25) is 0 Å². The second-order valence-electron chi connectivity index (χ2n) is 6.56. The Hall–Kier alpha value is -3.46. The Morgan fingerprint density at radius 1 is 0.903 bits per heavy atom. The first-order valence-corrected chi connectivity index (χ1v) is 11.3. The molecule has 31 heavy (non-hydrogen) atoms. The molecule has 0 aliphatic heterocycles. The molecule has 0 aliphatic carbocycles. The highest BCUT2D eigenvalue weighted by molar-refractivity contribution is 7.91. The Balaban J connectivity index is 1.50. The molecule has 9 heteroatoms. The van der Waals surface area contributed by atoms with Gasteiger partial charge in [0.25, 0.3) is 5.56 Å². The molecule has 3 aromatic rings. The second-order valence-corrected chi connectivity index (χ2v) is 8.67. The fraction of sp³-hybridized carbons (Fsp3) is 0.227. The fourth-order valence-corrected chi connectivity index (χ4v) is 4.02. The lowest BCUT2D eigenvalue weighted by Gasteiger charge is -2.09. The molecular weight excluding hydrogens is 420 g/mol. The van der Waals surface area contributed by atoms with E-state index in [4.69, 9.17) is 9.47 Å². The van der Waals surface area contributed by atoms with Gasteiger partial charge < -0.3 is 9.47 Å². The van der Waals surface area contributed by atoms with Gasteiger partial charge in [-0.05, 0) is 36.8 Å². The molecule has 1 aromatic heterocycles. The smallest absolute Gasteiger partial charge is 0.358 e. The number of hydrogen-bond acceptors (Lipinski definition) is 7. The van der Waals surface area contributed by atoms with Crippen LogP contribution in [0.25, 0.3) is 0 Å². The van der Waals surface area contributed by atoms with E-state index >= 15 is 0 Å². The summed E-state index contributed by atoms with van der Waals surface area (Å²) in [4.78, 5) is 24.4. The number of nitrogens with zero attached hydrogens (tertiary/aromatic N) is 2. The Morgan fingerprint density at radius 3 is 2.29 bits per heavy atom. The molecule has 162 valence electrons. The van der Waals surface area contributed by atoms with Gasteiger partial charge in [-0.25, -0.2) is 17.9 Å². The Morgan fingerprint density at radius 2 is 1.58 bits per heavy atom. The molecule has 0 bridgehead atoms. The minimum absolute atomic E-state index is 0.0368. The Bertz CT molecular complexity index is 1160. The summed E-state index contributed by atoms with van der Waals surface area (Å²) in [6.45, 7) is 0.278. The molecule has 3 rings (SSSR count). The van der Waals surface area contributed by atoms with Gasteiger partial charge in [-0.3, -0.25) is 4.79 Å². The van der Waals surface area contributed by atoms with Crippen LogP contribution >= 0.6 is 0 Å². The van der Waals surface area contributed by atoms with Crippen molar-refractivity contribution in [1.82, 2.24) is 9.78 Å². The minimum atomic E-state index is -3.43. The molecule has 0 fully saturated rings. The van der Waals surface area contributed by atoms with Crippen LogP contribution in [-0.4, -0.2) is 43.1 Å². The summed E-state index contributed by atoms with van der Waals surface area (Å²) in [5.74, 6) is -0.208. The number of para-hydroxylation sites is 1. The number of carbonyl (C=O) groups excluding carboxylic acids is 1. The summed E-state index contributed by atoms with van der Waals surface area (Å²) >= 11 is 0. The zero-order valence-electron chi connectivity index (χ0n) is 16.7. The first-order chi connectivity index (χ1) is 15.0. The van der Waals surface area contributed by atoms with Gasteiger partial charge in [-0.2, -0.15) is 5.10 Å². The molecule has 1 heterocycles. The van der Waals surface area contributed by atoms with E-state index < -0.39 is 15.8 Å². The molecule has 0 saturated heterocycles. The first kappa shape index (κ1) is 22.2. The minimum Gasteiger partial charge on any atom is -0.492 e. The molecule has 8 nitrogen and oxygen atoms in total. The topological polar surface area (TPSA) is 105 Å².